The average molecular weight is 308 g/mol. The van der Waals surface area contributed by atoms with Crippen molar-refractivity contribution in [1.82, 2.24) is 10.2 Å². The van der Waals surface area contributed by atoms with Gasteiger partial charge in [0.05, 0.1) is 6.54 Å². The van der Waals surface area contributed by atoms with Gasteiger partial charge in [0.2, 0.25) is 5.91 Å². The molecule has 2 atom stereocenters. The molecule has 0 radical (unpaired) electrons. The third kappa shape index (κ3) is 5.11. The molecule has 0 aliphatic carbocycles. The fourth-order valence-corrected chi connectivity index (χ4v) is 3.99. The van der Waals surface area contributed by atoms with Crippen molar-refractivity contribution in [3.8, 4) is 0 Å². The lowest BCUT2D eigenvalue weighted by molar-refractivity contribution is -0.123. The van der Waals surface area contributed by atoms with Gasteiger partial charge in [-0.2, -0.15) is 0 Å². The number of rotatable bonds is 8. The van der Waals surface area contributed by atoms with Crippen molar-refractivity contribution in [3.05, 3.63) is 22.4 Å². The van der Waals surface area contributed by atoms with Gasteiger partial charge < -0.3 is 5.32 Å². The number of thiophene rings is 1. The molecule has 0 saturated carbocycles. The van der Waals surface area contributed by atoms with Gasteiger partial charge in [-0.15, -0.1) is 11.3 Å². The smallest absolute Gasteiger partial charge is 0.234 e. The molecule has 1 fully saturated rings. The molecule has 1 aliphatic rings. The molecule has 0 aromatic carbocycles. The first-order chi connectivity index (χ1) is 10.2. The van der Waals surface area contributed by atoms with Crippen molar-refractivity contribution in [2.24, 2.45) is 0 Å². The number of unbranched alkanes of at least 4 members (excludes halogenated alkanes) is 2. The minimum absolute atomic E-state index is 0.183. The molecule has 0 bridgehead atoms. The van der Waals surface area contributed by atoms with Gasteiger partial charge in [0.15, 0.2) is 0 Å². The molecule has 4 heteroatoms. The maximum atomic E-state index is 12.2. The van der Waals surface area contributed by atoms with Crippen molar-refractivity contribution in [3.63, 3.8) is 0 Å². The van der Waals surface area contributed by atoms with Crippen LogP contribution in [0.1, 0.15) is 63.3 Å². The van der Waals surface area contributed by atoms with E-state index in [1.807, 2.05) is 0 Å². The van der Waals surface area contributed by atoms with Gasteiger partial charge in [-0.3, -0.25) is 9.69 Å². The predicted octanol–water partition coefficient (Wildman–Crippen LogP) is 3.97. The van der Waals surface area contributed by atoms with E-state index in [-0.39, 0.29) is 5.91 Å². The second-order valence-electron chi connectivity index (χ2n) is 6.11. The first-order valence-electron chi connectivity index (χ1n) is 8.27. The first-order valence-corrected chi connectivity index (χ1v) is 9.15. The molecule has 118 valence electrons. The number of nitrogens with zero attached hydrogens (tertiary/aromatic N) is 1. The lowest BCUT2D eigenvalue weighted by Crippen LogP contribution is -2.40. The molecule has 1 amide bonds. The molecule has 1 saturated heterocycles. The van der Waals surface area contributed by atoms with Gasteiger partial charge in [0.1, 0.15) is 0 Å². The molecule has 2 unspecified atom stereocenters. The Morgan fingerprint density at radius 2 is 2.38 bits per heavy atom. The van der Waals surface area contributed by atoms with Gasteiger partial charge in [0.25, 0.3) is 0 Å². The summed E-state index contributed by atoms with van der Waals surface area (Å²) in [6.07, 6.45) is 7.17. The molecular weight excluding hydrogens is 280 g/mol. The van der Waals surface area contributed by atoms with Crippen molar-refractivity contribution in [1.29, 1.82) is 0 Å². The van der Waals surface area contributed by atoms with Gasteiger partial charge in [0, 0.05) is 17.0 Å². The van der Waals surface area contributed by atoms with E-state index < -0.39 is 0 Å². The van der Waals surface area contributed by atoms with Crippen LogP contribution in [0.15, 0.2) is 17.5 Å². The van der Waals surface area contributed by atoms with Crippen LogP contribution in [0.5, 0.6) is 0 Å². The van der Waals surface area contributed by atoms with Gasteiger partial charge in [-0.05, 0) is 44.2 Å². The van der Waals surface area contributed by atoms with E-state index in [1.165, 1.54) is 37.0 Å². The van der Waals surface area contributed by atoms with Crippen LogP contribution >= 0.6 is 11.3 Å². The maximum absolute atomic E-state index is 12.2. The van der Waals surface area contributed by atoms with Gasteiger partial charge in [-0.1, -0.05) is 32.3 Å². The third-order valence-corrected chi connectivity index (χ3v) is 5.20. The number of amides is 1. The highest BCUT2D eigenvalue weighted by Crippen LogP contribution is 2.33. The van der Waals surface area contributed by atoms with Crippen LogP contribution < -0.4 is 5.32 Å². The van der Waals surface area contributed by atoms with Crippen molar-refractivity contribution in [2.75, 3.05) is 13.1 Å². The number of hydrogen-bond acceptors (Lipinski definition) is 3. The molecule has 1 aromatic heterocycles. The molecule has 21 heavy (non-hydrogen) atoms. The van der Waals surface area contributed by atoms with E-state index >= 15 is 0 Å². The summed E-state index contributed by atoms with van der Waals surface area (Å²) in [6, 6.07) is 5.05. The Hall–Kier alpha value is -0.870. The highest BCUT2D eigenvalue weighted by Gasteiger charge is 2.28. The summed E-state index contributed by atoms with van der Waals surface area (Å²) in [5.74, 6) is 0.183. The monoisotopic (exact) mass is 308 g/mol. The summed E-state index contributed by atoms with van der Waals surface area (Å²) in [7, 11) is 0. The minimum atomic E-state index is 0.183. The zero-order chi connectivity index (χ0) is 15.1. The Balaban J connectivity index is 1.76. The Morgan fingerprint density at radius 1 is 1.52 bits per heavy atom. The predicted molar refractivity (Wildman–Crippen MR) is 89.6 cm³/mol. The maximum Gasteiger partial charge on any atom is 0.234 e. The molecule has 0 spiro atoms. The summed E-state index contributed by atoms with van der Waals surface area (Å²) in [5, 5.41) is 5.28. The number of likely N-dealkylation sites (tertiary alicyclic amines) is 1. The molecule has 2 rings (SSSR count). The Bertz CT molecular complexity index is 418. The molecule has 1 N–H and O–H groups in total. The number of nitrogens with one attached hydrogen (secondary N) is 1. The van der Waals surface area contributed by atoms with E-state index in [1.54, 1.807) is 11.3 Å². The van der Waals surface area contributed by atoms with Crippen LogP contribution in [0.3, 0.4) is 0 Å². The van der Waals surface area contributed by atoms with E-state index in [4.69, 9.17) is 0 Å². The second kappa shape index (κ2) is 8.54. The average Bonchev–Trinajstić information content (AvgIpc) is 3.09. The fourth-order valence-electron chi connectivity index (χ4n) is 3.10. The summed E-state index contributed by atoms with van der Waals surface area (Å²) >= 11 is 1.81. The lowest BCUT2D eigenvalue weighted by Gasteiger charge is -2.24. The Kier molecular flexibility index (Phi) is 6.71. The standard InChI is InChI=1S/C17H28N2OS/c1-3-4-5-8-14(2)18-17(20)13-19-11-6-9-15(19)16-10-7-12-21-16/h7,10,12,14-15H,3-6,8-9,11,13H2,1-2H3,(H,18,20). The summed E-state index contributed by atoms with van der Waals surface area (Å²) < 4.78 is 0. The molecule has 1 aromatic rings. The van der Waals surface area contributed by atoms with Crippen LogP contribution in [0.4, 0.5) is 0 Å². The zero-order valence-electron chi connectivity index (χ0n) is 13.3. The topological polar surface area (TPSA) is 32.3 Å². The van der Waals surface area contributed by atoms with Crippen LogP contribution in [0.2, 0.25) is 0 Å². The van der Waals surface area contributed by atoms with Gasteiger partial charge in [-0.25, -0.2) is 0 Å². The number of carbonyl (C=O) groups is 1. The van der Waals surface area contributed by atoms with Crippen LogP contribution in [-0.4, -0.2) is 29.9 Å². The largest absolute Gasteiger partial charge is 0.353 e. The summed E-state index contributed by atoms with van der Waals surface area (Å²) in [6.45, 7) is 5.91. The SMILES string of the molecule is CCCCCC(C)NC(=O)CN1CCCC1c1cccs1. The quantitative estimate of drug-likeness (QED) is 0.737. The summed E-state index contributed by atoms with van der Waals surface area (Å²) in [4.78, 5) is 15.9. The first kappa shape index (κ1) is 16.5. The minimum Gasteiger partial charge on any atom is -0.353 e. The molecule has 3 nitrogen and oxygen atoms in total. The van der Waals surface area contributed by atoms with E-state index in [2.05, 4.69) is 41.6 Å². The highest BCUT2D eigenvalue weighted by atomic mass is 32.1. The normalized spacial score (nSPS) is 20.6. The lowest BCUT2D eigenvalue weighted by atomic mass is 10.1. The van der Waals surface area contributed by atoms with Crippen LogP contribution in [0.25, 0.3) is 0 Å². The van der Waals surface area contributed by atoms with Crippen molar-refractivity contribution in [2.45, 2.75) is 64.5 Å². The van der Waals surface area contributed by atoms with Crippen LogP contribution in [0, 0.1) is 0 Å². The molecule has 1 aliphatic heterocycles. The summed E-state index contributed by atoms with van der Waals surface area (Å²) in [5.41, 5.74) is 0. The third-order valence-electron chi connectivity index (χ3n) is 4.23. The van der Waals surface area contributed by atoms with Crippen molar-refractivity contribution < 1.29 is 4.79 Å². The highest BCUT2D eigenvalue weighted by molar-refractivity contribution is 7.10. The second-order valence-corrected chi connectivity index (χ2v) is 7.09. The number of hydrogen-bond donors (Lipinski definition) is 1. The van der Waals surface area contributed by atoms with Crippen LogP contribution in [-0.2, 0) is 4.79 Å². The molecule has 2 heterocycles. The Morgan fingerprint density at radius 3 is 3.10 bits per heavy atom. The fraction of sp³-hybridized carbons (Fsp3) is 0.706. The zero-order valence-corrected chi connectivity index (χ0v) is 14.1. The molecular formula is C17H28N2OS. The Labute approximate surface area is 132 Å². The van der Waals surface area contributed by atoms with Crippen molar-refractivity contribution >= 4 is 17.2 Å². The number of carbonyl (C=O) groups excluding carboxylic acids is 1. The van der Waals surface area contributed by atoms with E-state index in [0.29, 0.717) is 18.6 Å². The van der Waals surface area contributed by atoms with E-state index in [0.717, 1.165) is 13.0 Å². The van der Waals surface area contributed by atoms with Gasteiger partial charge >= 0.3 is 0 Å². The van der Waals surface area contributed by atoms with E-state index in [9.17, 15) is 4.79 Å².